The summed E-state index contributed by atoms with van der Waals surface area (Å²) in [6.45, 7) is 3.06. The molecule has 2 amide bonds. The van der Waals surface area contributed by atoms with Gasteiger partial charge in [-0.05, 0) is 51.2 Å². The highest BCUT2D eigenvalue weighted by atomic mass is 16.2. The van der Waals surface area contributed by atoms with Crippen LogP contribution in [0, 0.1) is 5.92 Å². The fraction of sp³-hybridized carbons (Fsp3) is 0.846. The highest BCUT2D eigenvalue weighted by Gasteiger charge is 2.38. The van der Waals surface area contributed by atoms with Gasteiger partial charge in [0.2, 0.25) is 11.8 Å². The molecular formula is C13H21N3O2. The number of piperidine rings is 1. The van der Waals surface area contributed by atoms with E-state index < -0.39 is 0 Å². The maximum absolute atomic E-state index is 11.6. The first-order chi connectivity index (χ1) is 8.74. The van der Waals surface area contributed by atoms with Crippen molar-refractivity contribution >= 4 is 11.8 Å². The molecule has 2 atom stereocenters. The van der Waals surface area contributed by atoms with E-state index in [2.05, 4.69) is 15.5 Å². The summed E-state index contributed by atoms with van der Waals surface area (Å²) in [7, 11) is 0. The molecule has 18 heavy (non-hydrogen) atoms. The number of nitrogens with zero attached hydrogens (tertiary/aromatic N) is 1. The third-order valence-electron chi connectivity index (χ3n) is 4.63. The van der Waals surface area contributed by atoms with Gasteiger partial charge in [-0.1, -0.05) is 0 Å². The maximum atomic E-state index is 11.6. The molecule has 3 heterocycles. The topological polar surface area (TPSA) is 61.4 Å². The van der Waals surface area contributed by atoms with Crippen molar-refractivity contribution in [1.82, 2.24) is 15.5 Å². The molecule has 3 saturated heterocycles. The van der Waals surface area contributed by atoms with Crippen molar-refractivity contribution < 1.29 is 9.59 Å². The normalized spacial score (nSPS) is 35.1. The molecule has 0 saturated carbocycles. The van der Waals surface area contributed by atoms with Crippen molar-refractivity contribution in [3.8, 4) is 0 Å². The zero-order chi connectivity index (χ0) is 12.5. The van der Waals surface area contributed by atoms with E-state index in [9.17, 15) is 9.59 Å². The third-order valence-corrected chi connectivity index (χ3v) is 4.63. The SMILES string of the molecule is O=C1CC(N2CCC(C3CCCN3)CC2)C(=O)N1. The number of carbonyl (C=O) groups is 2. The highest BCUT2D eigenvalue weighted by Crippen LogP contribution is 2.27. The Balaban J connectivity index is 1.53. The quantitative estimate of drug-likeness (QED) is 0.671. The average Bonchev–Trinajstić information content (AvgIpc) is 2.99. The molecule has 0 aromatic heterocycles. The standard InChI is InChI=1S/C13H21N3O2/c17-12-8-11(13(18)15-12)16-6-3-9(4-7-16)10-2-1-5-14-10/h9-11,14H,1-8H2,(H,15,17,18). The molecule has 0 aromatic carbocycles. The summed E-state index contributed by atoms with van der Waals surface area (Å²) < 4.78 is 0. The number of rotatable bonds is 2. The number of likely N-dealkylation sites (tertiary alicyclic amines) is 1. The van der Waals surface area contributed by atoms with Gasteiger partial charge in [-0.15, -0.1) is 0 Å². The van der Waals surface area contributed by atoms with E-state index in [4.69, 9.17) is 0 Å². The third kappa shape index (κ3) is 2.29. The molecule has 5 nitrogen and oxygen atoms in total. The Morgan fingerprint density at radius 2 is 1.89 bits per heavy atom. The predicted octanol–water partition coefficient (Wildman–Crippen LogP) is -0.134. The molecule has 3 rings (SSSR count). The lowest BCUT2D eigenvalue weighted by molar-refractivity contribution is -0.126. The van der Waals surface area contributed by atoms with Crippen LogP contribution >= 0.6 is 0 Å². The number of amides is 2. The van der Waals surface area contributed by atoms with Crippen molar-refractivity contribution in [3.05, 3.63) is 0 Å². The predicted molar refractivity (Wildman–Crippen MR) is 66.9 cm³/mol. The van der Waals surface area contributed by atoms with Gasteiger partial charge in [-0.3, -0.25) is 19.8 Å². The minimum absolute atomic E-state index is 0.0996. The van der Waals surface area contributed by atoms with Crippen LogP contribution in [0.25, 0.3) is 0 Å². The summed E-state index contributed by atoms with van der Waals surface area (Å²) >= 11 is 0. The van der Waals surface area contributed by atoms with E-state index in [0.717, 1.165) is 38.4 Å². The smallest absolute Gasteiger partial charge is 0.244 e. The summed E-state index contributed by atoms with van der Waals surface area (Å²) in [6.07, 6.45) is 5.24. The van der Waals surface area contributed by atoms with Crippen LogP contribution in [0.1, 0.15) is 32.1 Å². The number of carbonyl (C=O) groups excluding carboxylic acids is 2. The summed E-state index contributed by atoms with van der Waals surface area (Å²) in [5, 5.41) is 5.97. The van der Waals surface area contributed by atoms with Gasteiger partial charge >= 0.3 is 0 Å². The van der Waals surface area contributed by atoms with Gasteiger partial charge in [-0.25, -0.2) is 0 Å². The summed E-state index contributed by atoms with van der Waals surface area (Å²) in [5.74, 6) is 0.533. The maximum Gasteiger partial charge on any atom is 0.244 e. The minimum Gasteiger partial charge on any atom is -0.314 e. The Morgan fingerprint density at radius 3 is 2.44 bits per heavy atom. The lowest BCUT2D eigenvalue weighted by atomic mass is 9.88. The molecule has 3 aliphatic rings. The first kappa shape index (κ1) is 12.1. The Kier molecular flexibility index (Phi) is 3.35. The van der Waals surface area contributed by atoms with Gasteiger partial charge < -0.3 is 5.32 Å². The molecule has 2 unspecified atom stereocenters. The van der Waals surface area contributed by atoms with Gasteiger partial charge in [0, 0.05) is 6.04 Å². The fourth-order valence-electron chi connectivity index (χ4n) is 3.58. The van der Waals surface area contributed by atoms with Crippen LogP contribution in [0.2, 0.25) is 0 Å². The molecule has 2 N–H and O–H groups in total. The van der Waals surface area contributed by atoms with Crippen LogP contribution in [-0.4, -0.2) is 48.4 Å². The van der Waals surface area contributed by atoms with Crippen LogP contribution in [0.4, 0.5) is 0 Å². The molecular weight excluding hydrogens is 230 g/mol. The van der Waals surface area contributed by atoms with E-state index >= 15 is 0 Å². The minimum atomic E-state index is -0.199. The Bertz CT molecular complexity index is 344. The molecule has 0 spiro atoms. The van der Waals surface area contributed by atoms with E-state index in [1.165, 1.54) is 12.8 Å². The van der Waals surface area contributed by atoms with Crippen molar-refractivity contribution in [3.63, 3.8) is 0 Å². The summed E-state index contributed by atoms with van der Waals surface area (Å²) in [5.41, 5.74) is 0. The Labute approximate surface area is 107 Å². The number of nitrogens with one attached hydrogen (secondary N) is 2. The van der Waals surface area contributed by atoms with Crippen molar-refractivity contribution in [2.75, 3.05) is 19.6 Å². The number of hydrogen-bond donors (Lipinski definition) is 2. The van der Waals surface area contributed by atoms with Crippen molar-refractivity contribution in [2.24, 2.45) is 5.92 Å². The zero-order valence-electron chi connectivity index (χ0n) is 10.7. The van der Waals surface area contributed by atoms with E-state index in [1.54, 1.807) is 0 Å². The van der Waals surface area contributed by atoms with Crippen LogP contribution in [0.15, 0.2) is 0 Å². The van der Waals surface area contributed by atoms with E-state index in [-0.39, 0.29) is 17.9 Å². The second kappa shape index (κ2) is 4.97. The van der Waals surface area contributed by atoms with Crippen LogP contribution in [0.3, 0.4) is 0 Å². The van der Waals surface area contributed by atoms with E-state index in [0.29, 0.717) is 12.5 Å². The van der Waals surface area contributed by atoms with Gasteiger partial charge in [0.05, 0.1) is 12.5 Å². The van der Waals surface area contributed by atoms with Crippen LogP contribution in [-0.2, 0) is 9.59 Å². The Hall–Kier alpha value is -0.940. The molecule has 0 aromatic rings. The van der Waals surface area contributed by atoms with Gasteiger partial charge in [0.1, 0.15) is 0 Å². The monoisotopic (exact) mass is 251 g/mol. The average molecular weight is 251 g/mol. The van der Waals surface area contributed by atoms with E-state index in [1.807, 2.05) is 0 Å². The second-order valence-corrected chi connectivity index (χ2v) is 5.71. The molecule has 3 aliphatic heterocycles. The summed E-state index contributed by atoms with van der Waals surface area (Å²) in [6, 6.07) is 0.487. The number of hydrogen-bond acceptors (Lipinski definition) is 4. The molecule has 0 bridgehead atoms. The molecule has 0 aliphatic carbocycles. The van der Waals surface area contributed by atoms with Crippen molar-refractivity contribution in [1.29, 1.82) is 0 Å². The molecule has 5 heteroatoms. The lowest BCUT2D eigenvalue weighted by Crippen LogP contribution is -2.47. The first-order valence-corrected chi connectivity index (χ1v) is 7.05. The number of imide groups is 1. The zero-order valence-corrected chi connectivity index (χ0v) is 10.7. The van der Waals surface area contributed by atoms with Gasteiger partial charge in [-0.2, -0.15) is 0 Å². The highest BCUT2D eigenvalue weighted by molar-refractivity contribution is 6.05. The van der Waals surface area contributed by atoms with Crippen molar-refractivity contribution in [2.45, 2.75) is 44.2 Å². The van der Waals surface area contributed by atoms with Gasteiger partial charge in [0.25, 0.3) is 0 Å². The largest absolute Gasteiger partial charge is 0.314 e. The first-order valence-electron chi connectivity index (χ1n) is 7.05. The fourth-order valence-corrected chi connectivity index (χ4v) is 3.58. The molecule has 3 fully saturated rings. The Morgan fingerprint density at radius 1 is 1.11 bits per heavy atom. The van der Waals surface area contributed by atoms with Crippen LogP contribution < -0.4 is 10.6 Å². The van der Waals surface area contributed by atoms with Gasteiger partial charge in [0.15, 0.2) is 0 Å². The summed E-state index contributed by atoms with van der Waals surface area (Å²) in [4.78, 5) is 25.0. The molecule has 0 radical (unpaired) electrons. The lowest BCUT2D eigenvalue weighted by Gasteiger charge is -2.36. The molecule has 100 valence electrons. The second-order valence-electron chi connectivity index (χ2n) is 5.71. The van der Waals surface area contributed by atoms with Crippen LogP contribution in [0.5, 0.6) is 0 Å².